The van der Waals surface area contributed by atoms with Crippen LogP contribution in [0.3, 0.4) is 0 Å². The van der Waals surface area contributed by atoms with Crippen molar-refractivity contribution < 1.29 is 19.1 Å². The third-order valence-electron chi connectivity index (χ3n) is 3.92. The lowest BCUT2D eigenvalue weighted by molar-refractivity contribution is -0.138. The van der Waals surface area contributed by atoms with E-state index in [1.807, 2.05) is 20.8 Å². The summed E-state index contributed by atoms with van der Waals surface area (Å²) < 4.78 is 5.25. The van der Waals surface area contributed by atoms with Gasteiger partial charge >= 0.3 is 6.09 Å². The largest absolute Gasteiger partial charge is 0.444 e. The molecule has 0 aliphatic rings. The van der Waals surface area contributed by atoms with Crippen LogP contribution in [0.15, 0.2) is 0 Å². The maximum absolute atomic E-state index is 12.9. The highest BCUT2D eigenvalue weighted by Gasteiger charge is 2.35. The minimum atomic E-state index is -0.641. The lowest BCUT2D eigenvalue weighted by Gasteiger charge is -2.33. The van der Waals surface area contributed by atoms with Gasteiger partial charge in [0.25, 0.3) is 0 Å². The fraction of sp³-hybridized carbons (Fsp3) is 0.850. The van der Waals surface area contributed by atoms with Crippen LogP contribution in [0.1, 0.15) is 54.9 Å². The first-order valence-electron chi connectivity index (χ1n) is 9.75. The molecule has 8 heteroatoms. The number of carbonyl (C=O) groups excluding carboxylic acids is 3. The molecule has 3 amide bonds. The standard InChI is InChI=1S/C20H39N3O4S/c1-10-28-12-11-14(13-21-18(26)27-20(5,6)7)16(24)22-15(19(2,3)4)17(25)23(8)9/h14-15H,10-13H2,1-9H3,(H,21,26)(H,22,24)/t14-,15-/m1/s1. The van der Waals surface area contributed by atoms with E-state index < -0.39 is 29.1 Å². The van der Waals surface area contributed by atoms with Crippen LogP contribution < -0.4 is 10.6 Å². The van der Waals surface area contributed by atoms with Crippen molar-refractivity contribution in [2.45, 2.75) is 66.5 Å². The van der Waals surface area contributed by atoms with Gasteiger partial charge in [0.1, 0.15) is 11.6 Å². The van der Waals surface area contributed by atoms with Gasteiger partial charge in [0.05, 0.1) is 5.92 Å². The van der Waals surface area contributed by atoms with Gasteiger partial charge in [-0.3, -0.25) is 9.59 Å². The predicted octanol–water partition coefficient (Wildman–Crippen LogP) is 2.89. The van der Waals surface area contributed by atoms with E-state index in [2.05, 4.69) is 17.6 Å². The number of nitrogens with zero attached hydrogens (tertiary/aromatic N) is 1. The highest BCUT2D eigenvalue weighted by atomic mass is 32.2. The quantitative estimate of drug-likeness (QED) is 0.563. The summed E-state index contributed by atoms with van der Waals surface area (Å²) in [6, 6.07) is -0.641. The summed E-state index contributed by atoms with van der Waals surface area (Å²) in [7, 11) is 3.35. The monoisotopic (exact) mass is 417 g/mol. The van der Waals surface area contributed by atoms with Crippen LogP contribution in [-0.2, 0) is 14.3 Å². The highest BCUT2D eigenvalue weighted by molar-refractivity contribution is 7.99. The van der Waals surface area contributed by atoms with Crippen molar-refractivity contribution in [3.8, 4) is 0 Å². The smallest absolute Gasteiger partial charge is 0.407 e. The molecule has 28 heavy (non-hydrogen) atoms. The lowest BCUT2D eigenvalue weighted by Crippen LogP contribution is -2.55. The molecule has 0 spiro atoms. The average molecular weight is 418 g/mol. The Labute approximate surface area is 174 Å². The van der Waals surface area contributed by atoms with E-state index in [4.69, 9.17) is 4.74 Å². The number of thioether (sulfide) groups is 1. The van der Waals surface area contributed by atoms with Crippen molar-refractivity contribution in [1.82, 2.24) is 15.5 Å². The molecule has 0 radical (unpaired) electrons. The third-order valence-corrected chi connectivity index (χ3v) is 4.85. The molecule has 164 valence electrons. The molecule has 0 aromatic rings. The fourth-order valence-electron chi connectivity index (χ4n) is 2.38. The molecule has 2 N–H and O–H groups in total. The molecule has 0 bridgehead atoms. The number of alkyl carbamates (subject to hydrolysis) is 1. The van der Waals surface area contributed by atoms with Crippen LogP contribution in [-0.4, -0.2) is 66.6 Å². The highest BCUT2D eigenvalue weighted by Crippen LogP contribution is 2.22. The maximum Gasteiger partial charge on any atom is 0.407 e. The van der Waals surface area contributed by atoms with Crippen molar-refractivity contribution in [3.05, 3.63) is 0 Å². The SMILES string of the molecule is CCSCC[C@H](CNC(=O)OC(C)(C)C)C(=O)N[C@H](C(=O)N(C)C)C(C)(C)C. The molecular weight excluding hydrogens is 378 g/mol. The van der Waals surface area contributed by atoms with Crippen LogP contribution in [0, 0.1) is 11.3 Å². The van der Waals surface area contributed by atoms with Crippen molar-refractivity contribution in [2.24, 2.45) is 11.3 Å². The summed E-state index contributed by atoms with van der Waals surface area (Å²) in [6.45, 7) is 13.3. The van der Waals surface area contributed by atoms with Gasteiger partial charge in [-0.1, -0.05) is 27.7 Å². The van der Waals surface area contributed by atoms with Gasteiger partial charge in [0, 0.05) is 20.6 Å². The van der Waals surface area contributed by atoms with E-state index in [1.165, 1.54) is 4.90 Å². The zero-order valence-corrected chi connectivity index (χ0v) is 19.8. The van der Waals surface area contributed by atoms with Crippen LogP contribution in [0.4, 0.5) is 4.79 Å². The lowest BCUT2D eigenvalue weighted by atomic mass is 9.85. The number of hydrogen-bond acceptors (Lipinski definition) is 5. The van der Waals surface area contributed by atoms with Crippen LogP contribution in [0.2, 0.25) is 0 Å². The number of rotatable bonds is 9. The van der Waals surface area contributed by atoms with Gasteiger partial charge in [0.2, 0.25) is 11.8 Å². The van der Waals surface area contributed by atoms with E-state index in [0.717, 1.165) is 11.5 Å². The molecule has 0 aromatic carbocycles. The van der Waals surface area contributed by atoms with Crippen molar-refractivity contribution in [2.75, 3.05) is 32.1 Å². The van der Waals surface area contributed by atoms with Gasteiger partial charge in [-0.15, -0.1) is 0 Å². The molecule has 0 aliphatic heterocycles. The van der Waals surface area contributed by atoms with Gasteiger partial charge in [-0.25, -0.2) is 4.79 Å². The number of nitrogens with one attached hydrogen (secondary N) is 2. The normalized spacial score (nSPS) is 14.0. The minimum absolute atomic E-state index is 0.150. The number of amides is 3. The topological polar surface area (TPSA) is 87.7 Å². The molecule has 7 nitrogen and oxygen atoms in total. The second-order valence-electron chi connectivity index (χ2n) is 9.11. The summed E-state index contributed by atoms with van der Waals surface area (Å²) in [5.41, 5.74) is -1.03. The van der Waals surface area contributed by atoms with E-state index in [9.17, 15) is 14.4 Å². The number of carbonyl (C=O) groups is 3. The Bertz CT molecular complexity index is 525. The number of hydrogen-bond donors (Lipinski definition) is 2. The summed E-state index contributed by atoms with van der Waals surface area (Å²) in [5.74, 6) is 0.932. The van der Waals surface area contributed by atoms with Crippen molar-refractivity contribution in [3.63, 3.8) is 0 Å². The Hall–Kier alpha value is -1.44. The van der Waals surface area contributed by atoms with E-state index in [0.29, 0.717) is 6.42 Å². The molecular formula is C20H39N3O4S. The molecule has 0 unspecified atom stereocenters. The molecule has 0 aromatic heterocycles. The minimum Gasteiger partial charge on any atom is -0.444 e. The van der Waals surface area contributed by atoms with Crippen molar-refractivity contribution in [1.29, 1.82) is 0 Å². The van der Waals surface area contributed by atoms with Crippen LogP contribution in [0.5, 0.6) is 0 Å². The summed E-state index contributed by atoms with van der Waals surface area (Å²) in [4.78, 5) is 38.9. The Morgan fingerprint density at radius 3 is 2.07 bits per heavy atom. The Balaban J connectivity index is 5.17. The average Bonchev–Trinajstić information content (AvgIpc) is 2.52. The molecule has 2 atom stereocenters. The Morgan fingerprint density at radius 1 is 1.07 bits per heavy atom. The second kappa shape index (κ2) is 11.5. The van der Waals surface area contributed by atoms with Crippen LogP contribution >= 0.6 is 11.8 Å². The third kappa shape index (κ3) is 10.8. The van der Waals surface area contributed by atoms with E-state index in [-0.39, 0.29) is 18.4 Å². The van der Waals surface area contributed by atoms with Gasteiger partial charge in [-0.05, 0) is 44.1 Å². The second-order valence-corrected chi connectivity index (χ2v) is 10.5. The summed E-state index contributed by atoms with van der Waals surface area (Å²) in [5, 5.41) is 5.59. The summed E-state index contributed by atoms with van der Waals surface area (Å²) in [6.07, 6.45) is 0.0536. The summed E-state index contributed by atoms with van der Waals surface area (Å²) >= 11 is 1.73. The van der Waals surface area contributed by atoms with Crippen LogP contribution in [0.25, 0.3) is 0 Å². The molecule has 0 aliphatic carbocycles. The van der Waals surface area contributed by atoms with Gasteiger partial charge < -0.3 is 20.3 Å². The molecule has 0 saturated heterocycles. The number of likely N-dealkylation sites (N-methyl/N-ethyl adjacent to an activating group) is 1. The zero-order chi connectivity index (χ0) is 22.1. The molecule has 0 heterocycles. The first-order chi connectivity index (χ1) is 12.7. The maximum atomic E-state index is 12.9. The van der Waals surface area contributed by atoms with E-state index in [1.54, 1.807) is 46.6 Å². The Kier molecular flexibility index (Phi) is 10.9. The fourth-order valence-corrected chi connectivity index (χ4v) is 3.12. The molecule has 0 rings (SSSR count). The van der Waals surface area contributed by atoms with Gasteiger partial charge in [-0.2, -0.15) is 11.8 Å². The van der Waals surface area contributed by atoms with E-state index >= 15 is 0 Å². The first-order valence-corrected chi connectivity index (χ1v) is 10.9. The molecule has 0 saturated carbocycles. The van der Waals surface area contributed by atoms with Gasteiger partial charge in [0.15, 0.2) is 0 Å². The predicted molar refractivity (Wildman–Crippen MR) is 115 cm³/mol. The zero-order valence-electron chi connectivity index (χ0n) is 19.0. The molecule has 0 fully saturated rings. The first kappa shape index (κ1) is 26.6. The van der Waals surface area contributed by atoms with Crippen molar-refractivity contribution >= 4 is 29.7 Å². The number of ether oxygens (including phenoxy) is 1. The Morgan fingerprint density at radius 2 is 1.64 bits per heavy atom.